The lowest BCUT2D eigenvalue weighted by Crippen LogP contribution is -2.30. The fourth-order valence-corrected chi connectivity index (χ4v) is 4.15. The van der Waals surface area contributed by atoms with Crippen molar-refractivity contribution in [2.45, 2.75) is 26.2 Å². The van der Waals surface area contributed by atoms with Crippen molar-refractivity contribution in [1.82, 2.24) is 4.98 Å². The number of aromatic nitrogens is 1. The molecule has 0 aliphatic heterocycles. The molecule has 3 aromatic rings. The molecule has 6 nitrogen and oxygen atoms in total. The molecule has 0 spiro atoms. The van der Waals surface area contributed by atoms with E-state index < -0.39 is 27.7 Å². The molecule has 0 fully saturated rings. The molecular formula is C23H21F4N3O3S. The van der Waals surface area contributed by atoms with Crippen LogP contribution in [0.15, 0.2) is 60.8 Å². The Morgan fingerprint density at radius 1 is 0.971 bits per heavy atom. The van der Waals surface area contributed by atoms with E-state index in [1.807, 2.05) is 0 Å². The Morgan fingerprint density at radius 3 is 2.15 bits per heavy atom. The van der Waals surface area contributed by atoms with Gasteiger partial charge >= 0.3 is 6.18 Å². The van der Waals surface area contributed by atoms with Crippen molar-refractivity contribution in [3.8, 4) is 0 Å². The first kappa shape index (κ1) is 25.2. The Labute approximate surface area is 194 Å². The summed E-state index contributed by atoms with van der Waals surface area (Å²) in [5.74, 6) is -0.495. The highest BCUT2D eigenvalue weighted by molar-refractivity contribution is 7.92. The van der Waals surface area contributed by atoms with Crippen LogP contribution in [0, 0.1) is 12.7 Å². The van der Waals surface area contributed by atoms with Gasteiger partial charge in [-0.1, -0.05) is 24.3 Å². The smallest absolute Gasteiger partial charge is 0.311 e. The van der Waals surface area contributed by atoms with Crippen LogP contribution in [0.3, 0.4) is 0 Å². The molecule has 180 valence electrons. The molecule has 0 N–H and O–H groups in total. The zero-order valence-electron chi connectivity index (χ0n) is 18.3. The Kier molecular flexibility index (Phi) is 7.25. The maximum absolute atomic E-state index is 14.4. The van der Waals surface area contributed by atoms with Gasteiger partial charge in [0.15, 0.2) is 0 Å². The van der Waals surface area contributed by atoms with E-state index in [1.165, 1.54) is 41.3 Å². The monoisotopic (exact) mass is 495 g/mol. The fourth-order valence-electron chi connectivity index (χ4n) is 3.27. The number of aryl methyl sites for hydroxylation is 1. The number of carbonyl (C=O) groups excluding carboxylic acids is 1. The zero-order valence-corrected chi connectivity index (χ0v) is 19.1. The highest BCUT2D eigenvalue weighted by Crippen LogP contribution is 2.28. The van der Waals surface area contributed by atoms with Crippen molar-refractivity contribution in [1.29, 1.82) is 0 Å². The van der Waals surface area contributed by atoms with Gasteiger partial charge in [-0.3, -0.25) is 14.1 Å². The van der Waals surface area contributed by atoms with Gasteiger partial charge in [-0.2, -0.15) is 13.2 Å². The molecule has 1 aromatic heterocycles. The third-order valence-corrected chi connectivity index (χ3v) is 6.19. The molecule has 0 unspecified atom stereocenters. The van der Waals surface area contributed by atoms with Crippen molar-refractivity contribution in [2.75, 3.05) is 15.5 Å². The molecular weight excluding hydrogens is 474 g/mol. The number of benzene rings is 2. The topological polar surface area (TPSA) is 70.6 Å². The predicted octanol–water partition coefficient (Wildman–Crippen LogP) is 4.68. The summed E-state index contributed by atoms with van der Waals surface area (Å²) in [5, 5.41) is 0. The zero-order chi connectivity index (χ0) is 25.1. The molecule has 1 amide bonds. The van der Waals surface area contributed by atoms with Gasteiger partial charge in [0, 0.05) is 17.4 Å². The Morgan fingerprint density at radius 2 is 1.62 bits per heavy atom. The van der Waals surface area contributed by atoms with Crippen molar-refractivity contribution in [3.63, 3.8) is 0 Å². The largest absolute Gasteiger partial charge is 0.433 e. The summed E-state index contributed by atoms with van der Waals surface area (Å²) in [7, 11) is -3.77. The van der Waals surface area contributed by atoms with Crippen LogP contribution in [0.25, 0.3) is 0 Å². The molecule has 34 heavy (non-hydrogen) atoms. The standard InChI is InChI=1S/C23H21F4N3O3S/c1-16-4-3-5-18(22(16)24)14-30(34(2,32)33)20-9-7-19(8-10-20)29(15-31)13-17-6-11-21(28-12-17)23(25,26)27/h3-12,15H,13-14H2,1-2H3. The van der Waals surface area contributed by atoms with E-state index in [-0.39, 0.29) is 24.3 Å². The second kappa shape index (κ2) is 9.80. The summed E-state index contributed by atoms with van der Waals surface area (Å²) in [5.41, 5.74) is 0.573. The third-order valence-electron chi connectivity index (χ3n) is 5.05. The first-order valence-corrected chi connectivity index (χ1v) is 11.8. The predicted molar refractivity (Wildman–Crippen MR) is 120 cm³/mol. The molecule has 0 radical (unpaired) electrons. The fraction of sp³-hybridized carbons (Fsp3) is 0.217. The minimum Gasteiger partial charge on any atom is -0.311 e. The second-order valence-corrected chi connectivity index (χ2v) is 9.52. The minimum absolute atomic E-state index is 0.0434. The average molecular weight is 495 g/mol. The van der Waals surface area contributed by atoms with Crippen molar-refractivity contribution in [2.24, 2.45) is 0 Å². The Hall–Kier alpha value is -3.47. The number of alkyl halides is 3. The molecule has 0 atom stereocenters. The third kappa shape index (κ3) is 5.90. The number of pyridine rings is 1. The number of amides is 1. The van der Waals surface area contributed by atoms with Crippen LogP contribution < -0.4 is 9.21 Å². The van der Waals surface area contributed by atoms with Gasteiger partial charge in [-0.15, -0.1) is 0 Å². The lowest BCUT2D eigenvalue weighted by Gasteiger charge is -2.24. The van der Waals surface area contributed by atoms with Gasteiger partial charge in [0.2, 0.25) is 16.4 Å². The molecule has 0 aliphatic rings. The van der Waals surface area contributed by atoms with Crippen molar-refractivity contribution in [3.05, 3.63) is 89.0 Å². The van der Waals surface area contributed by atoms with Crippen molar-refractivity contribution >= 4 is 27.8 Å². The van der Waals surface area contributed by atoms with Crippen LogP contribution in [0.5, 0.6) is 0 Å². The summed E-state index contributed by atoms with van der Waals surface area (Å²) in [6.45, 7) is 1.32. The summed E-state index contributed by atoms with van der Waals surface area (Å²) < 4.78 is 78.3. The van der Waals surface area contributed by atoms with Crippen LogP contribution in [-0.4, -0.2) is 26.1 Å². The first-order chi connectivity index (χ1) is 15.9. The summed E-state index contributed by atoms with van der Waals surface area (Å²) in [6, 6.07) is 12.7. The molecule has 0 bridgehead atoms. The van der Waals surface area contributed by atoms with E-state index >= 15 is 0 Å². The highest BCUT2D eigenvalue weighted by Gasteiger charge is 2.32. The number of halogens is 4. The number of hydrogen-bond acceptors (Lipinski definition) is 4. The first-order valence-electron chi connectivity index (χ1n) is 9.96. The van der Waals surface area contributed by atoms with Gasteiger partial charge in [-0.05, 0) is 48.4 Å². The number of hydrogen-bond donors (Lipinski definition) is 0. The normalized spacial score (nSPS) is 11.8. The van der Waals surface area contributed by atoms with Crippen LogP contribution in [0.1, 0.15) is 22.4 Å². The quantitative estimate of drug-likeness (QED) is 0.336. The SMILES string of the molecule is Cc1cccc(CN(c2ccc(N(C=O)Cc3ccc(C(F)(F)F)nc3)cc2)S(C)(=O)=O)c1F. The van der Waals surface area contributed by atoms with Crippen LogP contribution in [-0.2, 0) is 34.1 Å². The van der Waals surface area contributed by atoms with Gasteiger partial charge in [0.25, 0.3) is 0 Å². The maximum atomic E-state index is 14.4. The van der Waals surface area contributed by atoms with Crippen LogP contribution in [0.4, 0.5) is 28.9 Å². The second-order valence-electron chi connectivity index (χ2n) is 7.62. The lowest BCUT2D eigenvalue weighted by atomic mass is 10.1. The molecule has 0 saturated heterocycles. The molecule has 0 aliphatic carbocycles. The highest BCUT2D eigenvalue weighted by atomic mass is 32.2. The van der Waals surface area contributed by atoms with Gasteiger partial charge < -0.3 is 4.90 Å². The van der Waals surface area contributed by atoms with E-state index in [0.717, 1.165) is 22.8 Å². The summed E-state index contributed by atoms with van der Waals surface area (Å²) in [4.78, 5) is 16.2. The minimum atomic E-state index is -4.56. The molecule has 11 heteroatoms. The molecule has 0 saturated carbocycles. The maximum Gasteiger partial charge on any atom is 0.433 e. The number of rotatable bonds is 8. The Bertz CT molecular complexity index is 1260. The van der Waals surface area contributed by atoms with E-state index in [2.05, 4.69) is 4.98 Å². The van der Waals surface area contributed by atoms with Gasteiger partial charge in [0.1, 0.15) is 11.5 Å². The molecule has 3 rings (SSSR count). The number of carbonyl (C=O) groups is 1. The van der Waals surface area contributed by atoms with Crippen LogP contribution in [0.2, 0.25) is 0 Å². The van der Waals surface area contributed by atoms with E-state index in [4.69, 9.17) is 0 Å². The van der Waals surface area contributed by atoms with Gasteiger partial charge in [0.05, 0.1) is 25.0 Å². The van der Waals surface area contributed by atoms with Crippen LogP contribution >= 0.6 is 0 Å². The number of sulfonamides is 1. The lowest BCUT2D eigenvalue weighted by molar-refractivity contribution is -0.141. The summed E-state index contributed by atoms with van der Waals surface area (Å²) in [6.07, 6.45) is -2.02. The van der Waals surface area contributed by atoms with E-state index in [9.17, 15) is 30.8 Å². The van der Waals surface area contributed by atoms with Gasteiger partial charge in [-0.25, -0.2) is 12.8 Å². The average Bonchev–Trinajstić information content (AvgIpc) is 2.77. The number of anilines is 2. The molecule has 1 heterocycles. The molecule has 2 aromatic carbocycles. The van der Waals surface area contributed by atoms with E-state index in [0.29, 0.717) is 23.2 Å². The Balaban J connectivity index is 1.83. The summed E-state index contributed by atoms with van der Waals surface area (Å²) >= 11 is 0. The van der Waals surface area contributed by atoms with Crippen molar-refractivity contribution < 1.29 is 30.8 Å². The number of nitrogens with zero attached hydrogens (tertiary/aromatic N) is 3. The van der Waals surface area contributed by atoms with E-state index in [1.54, 1.807) is 19.1 Å².